The molecule has 0 bridgehead atoms. The second kappa shape index (κ2) is 3.72. The lowest BCUT2D eigenvalue weighted by molar-refractivity contribution is -0.127. The number of nitrogens with zero attached hydrogens (tertiary/aromatic N) is 1. The summed E-state index contributed by atoms with van der Waals surface area (Å²) >= 11 is 0. The standard InChI is InChI=1S/C8H16N2O/c1-3-9-6-7-4-5-8(11)10(7)2/h7,9H,3-6H2,1-2H3/t7-/m1/s1. The van der Waals surface area contributed by atoms with Crippen LogP contribution in [0, 0.1) is 0 Å². The molecule has 1 atom stereocenters. The Kier molecular flexibility index (Phi) is 2.88. The first kappa shape index (κ1) is 8.53. The summed E-state index contributed by atoms with van der Waals surface area (Å²) in [7, 11) is 1.89. The molecule has 64 valence electrons. The molecule has 1 aliphatic heterocycles. The Morgan fingerprint density at radius 3 is 2.91 bits per heavy atom. The molecule has 0 aliphatic carbocycles. The maximum absolute atomic E-state index is 11.0. The van der Waals surface area contributed by atoms with Gasteiger partial charge < -0.3 is 10.2 Å². The van der Waals surface area contributed by atoms with Gasteiger partial charge in [0, 0.05) is 26.1 Å². The molecule has 0 unspecified atom stereocenters. The first-order valence-electron chi connectivity index (χ1n) is 4.22. The molecular weight excluding hydrogens is 140 g/mol. The van der Waals surface area contributed by atoms with Crippen molar-refractivity contribution in [2.75, 3.05) is 20.1 Å². The molecule has 1 rings (SSSR count). The molecule has 0 aromatic heterocycles. The third-order valence-electron chi connectivity index (χ3n) is 2.26. The molecule has 3 nitrogen and oxygen atoms in total. The van der Waals surface area contributed by atoms with Gasteiger partial charge in [0.25, 0.3) is 0 Å². The maximum Gasteiger partial charge on any atom is 0.222 e. The minimum absolute atomic E-state index is 0.285. The van der Waals surface area contributed by atoms with E-state index in [1.54, 1.807) is 0 Å². The van der Waals surface area contributed by atoms with Crippen LogP contribution in [0.2, 0.25) is 0 Å². The smallest absolute Gasteiger partial charge is 0.222 e. The van der Waals surface area contributed by atoms with E-state index in [0.29, 0.717) is 6.04 Å². The summed E-state index contributed by atoms with van der Waals surface area (Å²) < 4.78 is 0. The molecule has 11 heavy (non-hydrogen) atoms. The van der Waals surface area contributed by atoms with Crippen LogP contribution < -0.4 is 5.32 Å². The molecule has 1 amide bonds. The number of likely N-dealkylation sites (tertiary alicyclic amines) is 1. The molecule has 1 aliphatic rings. The Hall–Kier alpha value is -0.570. The summed E-state index contributed by atoms with van der Waals surface area (Å²) in [6.07, 6.45) is 1.74. The van der Waals surface area contributed by atoms with Crippen LogP contribution >= 0.6 is 0 Å². The molecule has 1 fully saturated rings. The van der Waals surface area contributed by atoms with Crippen LogP contribution in [0.3, 0.4) is 0 Å². The monoisotopic (exact) mass is 156 g/mol. The molecule has 0 aromatic carbocycles. The lowest BCUT2D eigenvalue weighted by atomic mass is 10.2. The number of carbonyl (C=O) groups is 1. The van der Waals surface area contributed by atoms with Gasteiger partial charge in [-0.15, -0.1) is 0 Å². The molecule has 0 saturated carbocycles. The van der Waals surface area contributed by atoms with Gasteiger partial charge in [-0.3, -0.25) is 4.79 Å². The van der Waals surface area contributed by atoms with Crippen molar-refractivity contribution in [1.29, 1.82) is 0 Å². The zero-order chi connectivity index (χ0) is 8.27. The van der Waals surface area contributed by atoms with Crippen molar-refractivity contribution < 1.29 is 4.79 Å². The zero-order valence-corrected chi connectivity index (χ0v) is 7.26. The molecular formula is C8H16N2O. The highest BCUT2D eigenvalue weighted by molar-refractivity contribution is 5.78. The highest BCUT2D eigenvalue weighted by Gasteiger charge is 2.26. The Bertz CT molecular complexity index is 147. The van der Waals surface area contributed by atoms with E-state index in [1.807, 2.05) is 11.9 Å². The predicted molar refractivity (Wildman–Crippen MR) is 44.3 cm³/mol. The van der Waals surface area contributed by atoms with Gasteiger partial charge in [0.05, 0.1) is 0 Å². The van der Waals surface area contributed by atoms with Crippen LogP contribution in [0.25, 0.3) is 0 Å². The quantitative estimate of drug-likeness (QED) is 0.634. The van der Waals surface area contributed by atoms with Gasteiger partial charge in [0.2, 0.25) is 5.91 Å². The minimum atomic E-state index is 0.285. The largest absolute Gasteiger partial charge is 0.341 e. The predicted octanol–water partition coefficient (Wildman–Crippen LogP) is 0.217. The fraction of sp³-hybridized carbons (Fsp3) is 0.875. The van der Waals surface area contributed by atoms with Gasteiger partial charge in [0.15, 0.2) is 0 Å². The van der Waals surface area contributed by atoms with E-state index in [2.05, 4.69) is 12.2 Å². The molecule has 0 aromatic rings. The van der Waals surface area contributed by atoms with Gasteiger partial charge >= 0.3 is 0 Å². The molecule has 1 N–H and O–H groups in total. The van der Waals surface area contributed by atoms with Crippen LogP contribution in [-0.4, -0.2) is 37.0 Å². The third-order valence-corrected chi connectivity index (χ3v) is 2.26. The first-order valence-corrected chi connectivity index (χ1v) is 4.22. The Morgan fingerprint density at radius 1 is 1.73 bits per heavy atom. The van der Waals surface area contributed by atoms with Gasteiger partial charge in [-0.2, -0.15) is 0 Å². The fourth-order valence-corrected chi connectivity index (χ4v) is 1.41. The molecule has 3 heteroatoms. The van der Waals surface area contributed by atoms with Crippen LogP contribution in [-0.2, 0) is 4.79 Å². The van der Waals surface area contributed by atoms with E-state index in [0.717, 1.165) is 25.9 Å². The van der Waals surface area contributed by atoms with E-state index in [4.69, 9.17) is 0 Å². The summed E-state index contributed by atoms with van der Waals surface area (Å²) in [5.74, 6) is 0.285. The van der Waals surface area contributed by atoms with E-state index >= 15 is 0 Å². The van der Waals surface area contributed by atoms with Crippen LogP contribution in [0.5, 0.6) is 0 Å². The fourth-order valence-electron chi connectivity index (χ4n) is 1.41. The number of amides is 1. The van der Waals surface area contributed by atoms with Crippen molar-refractivity contribution in [1.82, 2.24) is 10.2 Å². The number of carbonyl (C=O) groups excluding carboxylic acids is 1. The summed E-state index contributed by atoms with van der Waals surface area (Å²) in [5, 5.41) is 3.25. The average Bonchev–Trinajstić information content (AvgIpc) is 2.31. The van der Waals surface area contributed by atoms with Crippen molar-refractivity contribution in [2.45, 2.75) is 25.8 Å². The Balaban J connectivity index is 2.30. The van der Waals surface area contributed by atoms with Gasteiger partial charge in [-0.05, 0) is 13.0 Å². The number of likely N-dealkylation sites (N-methyl/N-ethyl adjacent to an activating group) is 2. The summed E-state index contributed by atoms with van der Waals surface area (Å²) in [6, 6.07) is 0.433. The summed E-state index contributed by atoms with van der Waals surface area (Å²) in [6.45, 7) is 4.01. The molecule has 0 spiro atoms. The number of nitrogens with one attached hydrogen (secondary N) is 1. The van der Waals surface area contributed by atoms with E-state index < -0.39 is 0 Å². The van der Waals surface area contributed by atoms with Gasteiger partial charge in [-0.25, -0.2) is 0 Å². The van der Waals surface area contributed by atoms with Crippen LogP contribution in [0.4, 0.5) is 0 Å². The second-order valence-electron chi connectivity index (χ2n) is 3.00. The number of hydrogen-bond acceptors (Lipinski definition) is 2. The van der Waals surface area contributed by atoms with E-state index in [1.165, 1.54) is 0 Å². The Labute approximate surface area is 67.8 Å². The number of hydrogen-bond donors (Lipinski definition) is 1. The average molecular weight is 156 g/mol. The Morgan fingerprint density at radius 2 is 2.45 bits per heavy atom. The topological polar surface area (TPSA) is 32.3 Å². The lowest BCUT2D eigenvalue weighted by Gasteiger charge is -2.19. The van der Waals surface area contributed by atoms with Crippen molar-refractivity contribution in [3.8, 4) is 0 Å². The number of rotatable bonds is 3. The first-order chi connectivity index (χ1) is 5.25. The normalized spacial score (nSPS) is 24.7. The zero-order valence-electron chi connectivity index (χ0n) is 7.26. The SMILES string of the molecule is CCNC[C@H]1CCC(=O)N1C. The minimum Gasteiger partial charge on any atom is -0.341 e. The second-order valence-corrected chi connectivity index (χ2v) is 3.00. The summed E-state index contributed by atoms with van der Waals surface area (Å²) in [4.78, 5) is 12.9. The summed E-state index contributed by atoms with van der Waals surface area (Å²) in [5.41, 5.74) is 0. The highest BCUT2D eigenvalue weighted by Crippen LogP contribution is 2.14. The van der Waals surface area contributed by atoms with Gasteiger partial charge in [-0.1, -0.05) is 6.92 Å². The van der Waals surface area contributed by atoms with Crippen molar-refractivity contribution in [2.24, 2.45) is 0 Å². The lowest BCUT2D eigenvalue weighted by Crippen LogP contribution is -2.37. The van der Waals surface area contributed by atoms with Crippen molar-refractivity contribution in [3.63, 3.8) is 0 Å². The maximum atomic E-state index is 11.0. The molecule has 1 heterocycles. The van der Waals surface area contributed by atoms with Crippen molar-refractivity contribution >= 4 is 5.91 Å². The van der Waals surface area contributed by atoms with E-state index in [9.17, 15) is 4.79 Å². The van der Waals surface area contributed by atoms with Crippen LogP contribution in [0.1, 0.15) is 19.8 Å². The van der Waals surface area contributed by atoms with E-state index in [-0.39, 0.29) is 5.91 Å². The molecule has 1 saturated heterocycles. The van der Waals surface area contributed by atoms with Crippen molar-refractivity contribution in [3.05, 3.63) is 0 Å². The van der Waals surface area contributed by atoms with Gasteiger partial charge in [0.1, 0.15) is 0 Å². The molecule has 0 radical (unpaired) electrons. The van der Waals surface area contributed by atoms with Crippen LogP contribution in [0.15, 0.2) is 0 Å². The third kappa shape index (κ3) is 1.93. The highest BCUT2D eigenvalue weighted by atomic mass is 16.2.